The van der Waals surface area contributed by atoms with Crippen LogP contribution in [0.5, 0.6) is 0 Å². The number of hydrogen-bond donors (Lipinski definition) is 1. The van der Waals surface area contributed by atoms with Crippen molar-refractivity contribution in [3.8, 4) is 0 Å². The molecule has 0 aliphatic carbocycles. The Kier molecular flexibility index (Phi) is 2.91. The van der Waals surface area contributed by atoms with Gasteiger partial charge in [0.1, 0.15) is 5.69 Å². The number of nitrogen functional groups attached to an aromatic ring is 1. The van der Waals surface area contributed by atoms with Crippen molar-refractivity contribution in [3.63, 3.8) is 0 Å². The molecule has 0 fully saturated rings. The van der Waals surface area contributed by atoms with Gasteiger partial charge in [-0.3, -0.25) is 0 Å². The molecule has 1 heterocycles. The fraction of sp³-hybridized carbons (Fsp3) is 0.200. The van der Waals surface area contributed by atoms with Gasteiger partial charge in [0, 0.05) is 17.9 Å². The van der Waals surface area contributed by atoms with Crippen LogP contribution >= 0.6 is 0 Å². The molecule has 96 valence electrons. The fourth-order valence-electron chi connectivity index (χ4n) is 2.64. The quantitative estimate of drug-likeness (QED) is 0.655. The van der Waals surface area contributed by atoms with Crippen molar-refractivity contribution < 1.29 is 0 Å². The number of hydrogen-bond acceptors (Lipinski definition) is 4. The molecule has 4 heteroatoms. The molecular formula is C15H15N3O. The molecule has 0 spiro atoms. The molecule has 0 bridgehead atoms. The van der Waals surface area contributed by atoms with E-state index in [1.807, 2.05) is 36.4 Å². The molecule has 19 heavy (non-hydrogen) atoms. The Morgan fingerprint density at radius 1 is 1.11 bits per heavy atom. The second kappa shape index (κ2) is 4.72. The van der Waals surface area contributed by atoms with Crippen molar-refractivity contribution in [1.82, 2.24) is 0 Å². The van der Waals surface area contributed by atoms with Crippen LogP contribution in [0.1, 0.15) is 12.0 Å². The zero-order valence-electron chi connectivity index (χ0n) is 10.5. The third kappa shape index (κ3) is 2.05. The van der Waals surface area contributed by atoms with Crippen LogP contribution in [0.15, 0.2) is 47.6 Å². The molecule has 0 unspecified atom stereocenters. The molecule has 3 rings (SSSR count). The number of nitrogens with two attached hydrogens (primary N) is 1. The van der Waals surface area contributed by atoms with E-state index in [0.29, 0.717) is 5.69 Å². The standard InChI is InChI=1S/C15H15N3O/c16-12-7-8-14-11(10-12)4-3-9-18(14)15-6-2-1-5-13(15)17-19/h1-2,5-8,10H,3-4,9,16H2. The molecule has 1 aliphatic heterocycles. The maximum Gasteiger partial charge on any atom is 0.131 e. The van der Waals surface area contributed by atoms with Gasteiger partial charge in [-0.2, -0.15) is 0 Å². The normalized spacial score (nSPS) is 14.0. The van der Waals surface area contributed by atoms with Gasteiger partial charge in [-0.25, -0.2) is 0 Å². The number of aryl methyl sites for hydroxylation is 1. The third-order valence-corrected chi connectivity index (χ3v) is 3.49. The SMILES string of the molecule is Nc1ccc2c(c1)CCCN2c1ccccc1N=O. The Morgan fingerprint density at radius 3 is 2.79 bits per heavy atom. The minimum Gasteiger partial charge on any atom is -0.399 e. The van der Waals surface area contributed by atoms with Crippen LogP contribution in [-0.4, -0.2) is 6.54 Å². The monoisotopic (exact) mass is 253 g/mol. The number of rotatable bonds is 2. The number of nitroso groups, excluding NO2 is 1. The molecule has 0 radical (unpaired) electrons. The number of fused-ring (bicyclic) bond motifs is 1. The van der Waals surface area contributed by atoms with E-state index in [1.54, 1.807) is 6.07 Å². The van der Waals surface area contributed by atoms with Crippen molar-refractivity contribution in [2.45, 2.75) is 12.8 Å². The molecule has 0 aromatic heterocycles. The highest BCUT2D eigenvalue weighted by Crippen LogP contribution is 2.38. The van der Waals surface area contributed by atoms with E-state index >= 15 is 0 Å². The van der Waals surface area contributed by atoms with E-state index in [9.17, 15) is 4.91 Å². The maximum atomic E-state index is 10.9. The van der Waals surface area contributed by atoms with Crippen LogP contribution in [-0.2, 0) is 6.42 Å². The van der Waals surface area contributed by atoms with E-state index in [4.69, 9.17) is 5.73 Å². The lowest BCUT2D eigenvalue weighted by Crippen LogP contribution is -2.24. The first-order chi connectivity index (χ1) is 9.29. The van der Waals surface area contributed by atoms with Crippen LogP contribution < -0.4 is 10.6 Å². The minimum absolute atomic E-state index is 0.479. The summed E-state index contributed by atoms with van der Waals surface area (Å²) in [6.45, 7) is 0.892. The number of anilines is 3. The maximum absolute atomic E-state index is 10.9. The zero-order valence-corrected chi connectivity index (χ0v) is 10.5. The minimum atomic E-state index is 0.479. The number of para-hydroxylation sites is 1. The van der Waals surface area contributed by atoms with Gasteiger partial charge in [-0.15, -0.1) is 4.91 Å². The summed E-state index contributed by atoms with van der Waals surface area (Å²) in [4.78, 5) is 13.1. The molecule has 2 N–H and O–H groups in total. The molecule has 0 atom stereocenters. The average molecular weight is 253 g/mol. The number of benzene rings is 2. The summed E-state index contributed by atoms with van der Waals surface area (Å²) in [5.41, 5.74) is 10.3. The first kappa shape index (κ1) is 11.7. The molecule has 0 amide bonds. The lowest BCUT2D eigenvalue weighted by Gasteiger charge is -2.31. The third-order valence-electron chi connectivity index (χ3n) is 3.49. The average Bonchev–Trinajstić information content (AvgIpc) is 2.46. The second-order valence-corrected chi connectivity index (χ2v) is 4.72. The van der Waals surface area contributed by atoms with Gasteiger partial charge in [0.15, 0.2) is 0 Å². The summed E-state index contributed by atoms with van der Waals surface area (Å²) >= 11 is 0. The Balaban J connectivity index is 2.11. The van der Waals surface area contributed by atoms with E-state index in [2.05, 4.69) is 10.1 Å². The fourth-order valence-corrected chi connectivity index (χ4v) is 2.64. The first-order valence-electron chi connectivity index (χ1n) is 6.38. The zero-order chi connectivity index (χ0) is 13.2. The van der Waals surface area contributed by atoms with Crippen molar-refractivity contribution in [2.75, 3.05) is 17.2 Å². The molecule has 0 saturated carbocycles. The second-order valence-electron chi connectivity index (χ2n) is 4.72. The van der Waals surface area contributed by atoms with Gasteiger partial charge < -0.3 is 10.6 Å². The van der Waals surface area contributed by atoms with Crippen molar-refractivity contribution >= 4 is 22.7 Å². The van der Waals surface area contributed by atoms with Gasteiger partial charge in [-0.1, -0.05) is 12.1 Å². The summed E-state index contributed by atoms with van der Waals surface area (Å²) < 4.78 is 0. The highest BCUT2D eigenvalue weighted by molar-refractivity contribution is 5.77. The molecule has 4 nitrogen and oxygen atoms in total. The van der Waals surface area contributed by atoms with Crippen LogP contribution in [0.4, 0.5) is 22.7 Å². The van der Waals surface area contributed by atoms with Crippen LogP contribution in [0.2, 0.25) is 0 Å². The highest BCUT2D eigenvalue weighted by Gasteiger charge is 2.20. The summed E-state index contributed by atoms with van der Waals surface area (Å²) in [5, 5.41) is 3.12. The molecule has 1 aliphatic rings. The Labute approximate surface area is 111 Å². The largest absolute Gasteiger partial charge is 0.399 e. The molecule has 0 saturated heterocycles. The Morgan fingerprint density at radius 2 is 1.95 bits per heavy atom. The summed E-state index contributed by atoms with van der Waals surface area (Å²) in [5.74, 6) is 0. The van der Waals surface area contributed by atoms with E-state index in [0.717, 1.165) is 36.4 Å². The molecule has 2 aromatic carbocycles. The van der Waals surface area contributed by atoms with E-state index < -0.39 is 0 Å². The van der Waals surface area contributed by atoms with Gasteiger partial charge in [0.25, 0.3) is 0 Å². The van der Waals surface area contributed by atoms with Crippen LogP contribution in [0.3, 0.4) is 0 Å². The predicted octanol–water partition coefficient (Wildman–Crippen LogP) is 3.75. The first-order valence-corrected chi connectivity index (χ1v) is 6.38. The van der Waals surface area contributed by atoms with Crippen molar-refractivity contribution in [2.24, 2.45) is 5.18 Å². The number of nitrogens with zero attached hydrogens (tertiary/aromatic N) is 2. The summed E-state index contributed by atoms with van der Waals surface area (Å²) in [6.07, 6.45) is 2.07. The van der Waals surface area contributed by atoms with Crippen LogP contribution in [0.25, 0.3) is 0 Å². The Hall–Kier alpha value is -2.36. The molecule has 2 aromatic rings. The van der Waals surface area contributed by atoms with Gasteiger partial charge in [0.2, 0.25) is 0 Å². The summed E-state index contributed by atoms with van der Waals surface area (Å²) in [7, 11) is 0. The smallest absolute Gasteiger partial charge is 0.131 e. The van der Waals surface area contributed by atoms with Crippen molar-refractivity contribution in [1.29, 1.82) is 0 Å². The van der Waals surface area contributed by atoms with E-state index in [1.165, 1.54) is 5.56 Å². The van der Waals surface area contributed by atoms with Crippen LogP contribution in [0, 0.1) is 4.91 Å². The Bertz CT molecular complexity index is 625. The van der Waals surface area contributed by atoms with Gasteiger partial charge >= 0.3 is 0 Å². The van der Waals surface area contributed by atoms with E-state index in [-0.39, 0.29) is 0 Å². The lowest BCUT2D eigenvalue weighted by atomic mass is 10.00. The molecular weight excluding hydrogens is 238 g/mol. The highest BCUT2D eigenvalue weighted by atomic mass is 16.3. The van der Waals surface area contributed by atoms with Gasteiger partial charge in [0.05, 0.1) is 5.69 Å². The predicted molar refractivity (Wildman–Crippen MR) is 78.1 cm³/mol. The van der Waals surface area contributed by atoms with Crippen molar-refractivity contribution in [3.05, 3.63) is 52.9 Å². The summed E-state index contributed by atoms with van der Waals surface area (Å²) in [6, 6.07) is 13.4. The topological polar surface area (TPSA) is 58.7 Å². The van der Waals surface area contributed by atoms with Gasteiger partial charge in [-0.05, 0) is 53.9 Å². The lowest BCUT2D eigenvalue weighted by molar-refractivity contribution is 0.767.